The van der Waals surface area contributed by atoms with Crippen LogP contribution in [0.1, 0.15) is 27.4 Å². The van der Waals surface area contributed by atoms with E-state index in [4.69, 9.17) is 9.26 Å². The van der Waals surface area contributed by atoms with Gasteiger partial charge in [0, 0.05) is 23.7 Å². The molecule has 0 radical (unpaired) electrons. The smallest absolute Gasteiger partial charge is 0.254 e. The number of nitrogens with zero attached hydrogens (tertiary/aromatic N) is 2. The fourth-order valence-electron chi connectivity index (χ4n) is 3.59. The predicted octanol–water partition coefficient (Wildman–Crippen LogP) is 4.73. The second kappa shape index (κ2) is 9.56. The van der Waals surface area contributed by atoms with Crippen molar-refractivity contribution < 1.29 is 18.8 Å². The Morgan fingerprint density at radius 3 is 2.45 bits per heavy atom. The van der Waals surface area contributed by atoms with Gasteiger partial charge in [-0.05, 0) is 49.6 Å². The fraction of sp³-hybridized carbons (Fsp3) is 0.192. The molecular weight excluding hydrogens is 418 g/mol. The van der Waals surface area contributed by atoms with Crippen LogP contribution in [0.25, 0.3) is 10.8 Å². The van der Waals surface area contributed by atoms with Crippen molar-refractivity contribution >= 4 is 28.3 Å². The average Bonchev–Trinajstić information content (AvgIpc) is 3.14. The number of ether oxygens (including phenoxy) is 1. The van der Waals surface area contributed by atoms with E-state index in [1.54, 1.807) is 31.3 Å². The van der Waals surface area contributed by atoms with Crippen LogP contribution in [-0.4, -0.2) is 35.5 Å². The molecule has 0 atom stereocenters. The number of aromatic nitrogens is 1. The first-order valence-corrected chi connectivity index (χ1v) is 10.6. The average molecular weight is 444 g/mol. The molecule has 0 saturated carbocycles. The van der Waals surface area contributed by atoms with Gasteiger partial charge >= 0.3 is 0 Å². The molecule has 0 aliphatic heterocycles. The van der Waals surface area contributed by atoms with Crippen molar-refractivity contribution in [2.24, 2.45) is 0 Å². The Morgan fingerprint density at radius 1 is 1.00 bits per heavy atom. The molecule has 1 aromatic heterocycles. The van der Waals surface area contributed by atoms with Gasteiger partial charge in [-0.3, -0.25) is 9.59 Å². The Kier molecular flexibility index (Phi) is 6.40. The number of fused-ring (bicyclic) bond motifs is 1. The van der Waals surface area contributed by atoms with Crippen LogP contribution >= 0.6 is 0 Å². The Labute approximate surface area is 191 Å². The fourth-order valence-corrected chi connectivity index (χ4v) is 3.59. The number of nitrogens with one attached hydrogen (secondary N) is 1. The van der Waals surface area contributed by atoms with E-state index in [1.165, 1.54) is 4.90 Å². The van der Waals surface area contributed by atoms with E-state index in [0.29, 0.717) is 17.9 Å². The van der Waals surface area contributed by atoms with E-state index >= 15 is 0 Å². The Bertz CT molecular complexity index is 1270. The molecule has 0 spiro atoms. The van der Waals surface area contributed by atoms with Crippen molar-refractivity contribution in [1.82, 2.24) is 10.1 Å². The highest BCUT2D eigenvalue weighted by molar-refractivity contribution is 6.04. The number of carbonyl (C=O) groups is 2. The first-order valence-electron chi connectivity index (χ1n) is 10.6. The van der Waals surface area contributed by atoms with Gasteiger partial charge in [0.1, 0.15) is 18.1 Å². The first-order chi connectivity index (χ1) is 15.9. The summed E-state index contributed by atoms with van der Waals surface area (Å²) in [6.07, 6.45) is 0. The van der Waals surface area contributed by atoms with Crippen molar-refractivity contribution in [1.29, 1.82) is 0 Å². The number of hydrogen-bond donors (Lipinski definition) is 1. The van der Waals surface area contributed by atoms with E-state index in [-0.39, 0.29) is 18.4 Å². The molecule has 0 aliphatic carbocycles. The number of hydrogen-bond acceptors (Lipinski definition) is 5. The van der Waals surface area contributed by atoms with Crippen LogP contribution < -0.4 is 10.1 Å². The molecule has 4 rings (SSSR count). The van der Waals surface area contributed by atoms with Gasteiger partial charge < -0.3 is 19.5 Å². The van der Waals surface area contributed by atoms with Crippen LogP contribution in [0, 0.1) is 13.8 Å². The number of benzene rings is 3. The van der Waals surface area contributed by atoms with E-state index in [9.17, 15) is 9.59 Å². The second-order valence-electron chi connectivity index (χ2n) is 7.85. The van der Waals surface area contributed by atoms with Crippen molar-refractivity contribution in [2.45, 2.75) is 20.5 Å². The van der Waals surface area contributed by atoms with E-state index in [1.807, 2.05) is 56.3 Å². The van der Waals surface area contributed by atoms with Gasteiger partial charge in [0.05, 0.1) is 17.8 Å². The first kappa shape index (κ1) is 22.1. The van der Waals surface area contributed by atoms with Gasteiger partial charge in [-0.1, -0.05) is 41.6 Å². The Morgan fingerprint density at radius 2 is 1.73 bits per heavy atom. The van der Waals surface area contributed by atoms with Gasteiger partial charge in [-0.15, -0.1) is 0 Å². The molecule has 168 valence electrons. The van der Waals surface area contributed by atoms with Gasteiger partial charge in [0.2, 0.25) is 5.91 Å². The summed E-state index contributed by atoms with van der Waals surface area (Å²) in [5.74, 6) is 0.840. The Hall–Kier alpha value is -4.13. The van der Waals surface area contributed by atoms with Crippen LogP contribution in [0.5, 0.6) is 5.75 Å². The highest BCUT2D eigenvalue weighted by Crippen LogP contribution is 2.23. The maximum absolute atomic E-state index is 12.8. The highest BCUT2D eigenvalue weighted by atomic mass is 16.5. The summed E-state index contributed by atoms with van der Waals surface area (Å²) in [6.45, 7) is 3.98. The maximum atomic E-state index is 12.8. The number of carbonyl (C=O) groups excluding carboxylic acids is 2. The third-order valence-corrected chi connectivity index (χ3v) is 5.46. The summed E-state index contributed by atoms with van der Waals surface area (Å²) >= 11 is 0. The molecule has 0 saturated heterocycles. The lowest BCUT2D eigenvalue weighted by molar-refractivity contribution is -0.116. The molecule has 0 bridgehead atoms. The van der Waals surface area contributed by atoms with Crippen molar-refractivity contribution in [3.63, 3.8) is 0 Å². The lowest BCUT2D eigenvalue weighted by Gasteiger charge is -2.17. The molecule has 1 heterocycles. The van der Waals surface area contributed by atoms with Crippen LogP contribution in [-0.2, 0) is 11.4 Å². The van der Waals surface area contributed by atoms with Crippen molar-refractivity contribution in [3.8, 4) is 5.75 Å². The zero-order valence-corrected chi connectivity index (χ0v) is 18.8. The van der Waals surface area contributed by atoms with Crippen LogP contribution in [0.3, 0.4) is 0 Å². The number of likely N-dealkylation sites (N-methyl/N-ethyl adjacent to an activating group) is 1. The van der Waals surface area contributed by atoms with Crippen LogP contribution in [0.2, 0.25) is 0 Å². The van der Waals surface area contributed by atoms with Gasteiger partial charge in [0.25, 0.3) is 5.91 Å². The van der Waals surface area contributed by atoms with Crippen molar-refractivity contribution in [2.75, 3.05) is 18.9 Å². The molecule has 4 aromatic rings. The third kappa shape index (κ3) is 5.03. The third-order valence-electron chi connectivity index (χ3n) is 5.46. The zero-order chi connectivity index (χ0) is 23.4. The predicted molar refractivity (Wildman–Crippen MR) is 126 cm³/mol. The quantitative estimate of drug-likeness (QED) is 0.446. The zero-order valence-electron chi connectivity index (χ0n) is 18.8. The normalized spacial score (nSPS) is 10.8. The highest BCUT2D eigenvalue weighted by Gasteiger charge is 2.16. The second-order valence-corrected chi connectivity index (χ2v) is 7.85. The van der Waals surface area contributed by atoms with Gasteiger partial charge in [0.15, 0.2) is 0 Å². The molecule has 3 aromatic carbocycles. The minimum absolute atomic E-state index is 0.0631. The molecule has 0 fully saturated rings. The molecule has 0 aliphatic rings. The SMILES string of the molecule is Cc1noc(C)c1COc1ccc(C(=O)N(C)CC(=O)Nc2cccc3ccccc23)cc1. The summed E-state index contributed by atoms with van der Waals surface area (Å²) in [5.41, 5.74) is 2.90. The lowest BCUT2D eigenvalue weighted by atomic mass is 10.1. The number of amides is 2. The molecule has 2 amide bonds. The lowest BCUT2D eigenvalue weighted by Crippen LogP contribution is -2.34. The molecular formula is C26H25N3O4. The van der Waals surface area contributed by atoms with Crippen molar-refractivity contribution in [3.05, 3.63) is 89.3 Å². The topological polar surface area (TPSA) is 84.7 Å². The Balaban J connectivity index is 1.35. The largest absolute Gasteiger partial charge is 0.489 e. The molecule has 0 unspecified atom stereocenters. The molecule has 7 nitrogen and oxygen atoms in total. The van der Waals surface area contributed by atoms with Crippen LogP contribution in [0.15, 0.2) is 71.3 Å². The molecule has 33 heavy (non-hydrogen) atoms. The molecule has 1 N–H and O–H groups in total. The number of anilines is 1. The summed E-state index contributed by atoms with van der Waals surface area (Å²) < 4.78 is 10.9. The minimum Gasteiger partial charge on any atom is -0.489 e. The monoisotopic (exact) mass is 443 g/mol. The number of aryl methyl sites for hydroxylation is 2. The van der Waals surface area contributed by atoms with Gasteiger partial charge in [-0.2, -0.15) is 0 Å². The maximum Gasteiger partial charge on any atom is 0.254 e. The summed E-state index contributed by atoms with van der Waals surface area (Å²) in [7, 11) is 1.60. The summed E-state index contributed by atoms with van der Waals surface area (Å²) in [6, 6.07) is 20.4. The summed E-state index contributed by atoms with van der Waals surface area (Å²) in [4.78, 5) is 26.7. The van der Waals surface area contributed by atoms with E-state index in [0.717, 1.165) is 33.5 Å². The van der Waals surface area contributed by atoms with E-state index < -0.39 is 0 Å². The van der Waals surface area contributed by atoms with Gasteiger partial charge in [-0.25, -0.2) is 0 Å². The molecule has 7 heteroatoms. The summed E-state index contributed by atoms with van der Waals surface area (Å²) in [5, 5.41) is 8.81. The standard InChI is InChI=1S/C26H25N3O4/c1-17-23(18(2)33-28-17)16-32-21-13-11-20(12-14-21)26(31)29(3)15-25(30)27-24-10-6-8-19-7-4-5-9-22(19)24/h4-14H,15-16H2,1-3H3,(H,27,30). The number of rotatable bonds is 7. The van der Waals surface area contributed by atoms with Crippen LogP contribution in [0.4, 0.5) is 5.69 Å². The minimum atomic E-state index is -0.262. The van der Waals surface area contributed by atoms with E-state index in [2.05, 4.69) is 10.5 Å².